The molecule has 0 aliphatic carbocycles. The van der Waals surface area contributed by atoms with Gasteiger partial charge in [0.2, 0.25) is 30.4 Å². The van der Waals surface area contributed by atoms with Crippen LogP contribution in [0.4, 0.5) is 0 Å². The van der Waals surface area contributed by atoms with Crippen LogP contribution in [0.5, 0.6) is 0 Å². The van der Waals surface area contributed by atoms with E-state index in [2.05, 4.69) is 27.7 Å². The van der Waals surface area contributed by atoms with Crippen molar-refractivity contribution in [3.8, 4) is 0 Å². The maximum Gasteiger partial charge on any atom is 0.236 e. The van der Waals surface area contributed by atoms with Gasteiger partial charge in [-0.2, -0.15) is 0 Å². The van der Waals surface area contributed by atoms with Gasteiger partial charge < -0.3 is 0 Å². The Hall–Kier alpha value is 1.06. The molecular formula is C10H26Al2. The van der Waals surface area contributed by atoms with Crippen LogP contribution >= 0.6 is 0 Å². The summed E-state index contributed by atoms with van der Waals surface area (Å²) < 4.78 is 0. The second kappa shape index (κ2) is 18.0. The molecule has 0 nitrogen and oxygen atoms in total. The van der Waals surface area contributed by atoms with Crippen LogP contribution in [0.15, 0.2) is 0 Å². The number of hydrogen-bond acceptors (Lipinski definition) is 0. The average Bonchev–Trinajstić information content (AvgIpc) is 2.08. The van der Waals surface area contributed by atoms with E-state index in [0.717, 1.165) is 0 Å². The van der Waals surface area contributed by atoms with Crippen LogP contribution in [0.1, 0.15) is 40.5 Å². The summed E-state index contributed by atoms with van der Waals surface area (Å²) in [5.41, 5.74) is 0. The molecule has 0 fully saturated rings. The van der Waals surface area contributed by atoms with Gasteiger partial charge in [-0.25, -0.2) is 0 Å². The van der Waals surface area contributed by atoms with Crippen molar-refractivity contribution in [3.05, 3.63) is 0 Å². The predicted molar refractivity (Wildman–Crippen MR) is 65.5 cm³/mol. The van der Waals surface area contributed by atoms with Crippen molar-refractivity contribution >= 4 is 30.4 Å². The normalized spacial score (nSPS) is 8.33. The molecule has 0 heterocycles. The van der Waals surface area contributed by atoms with Gasteiger partial charge in [0.25, 0.3) is 0 Å². The summed E-state index contributed by atoms with van der Waals surface area (Å²) in [6.07, 6.45) is 2.85. The predicted octanol–water partition coefficient (Wildman–Crippen LogP) is 3.38. The first-order valence-corrected chi connectivity index (χ1v) is 9.83. The van der Waals surface area contributed by atoms with Gasteiger partial charge in [-0.3, -0.25) is 0 Å². The van der Waals surface area contributed by atoms with Crippen LogP contribution < -0.4 is 0 Å². The van der Waals surface area contributed by atoms with Crippen molar-refractivity contribution in [3.63, 3.8) is 0 Å². The lowest BCUT2D eigenvalue weighted by Crippen LogP contribution is -1.84. The van der Waals surface area contributed by atoms with Gasteiger partial charge >= 0.3 is 0 Å². The summed E-state index contributed by atoms with van der Waals surface area (Å²) in [6.45, 7) is 9.11. The lowest BCUT2D eigenvalue weighted by Gasteiger charge is -1.86. The van der Waals surface area contributed by atoms with E-state index in [0.29, 0.717) is 30.4 Å². The third-order valence-electron chi connectivity index (χ3n) is 1.91. The van der Waals surface area contributed by atoms with E-state index in [4.69, 9.17) is 0 Å². The summed E-state index contributed by atoms with van der Waals surface area (Å²) >= 11 is 0.843. The van der Waals surface area contributed by atoms with E-state index < -0.39 is 0 Å². The van der Waals surface area contributed by atoms with Gasteiger partial charge in [0.15, 0.2) is 0 Å². The standard InChI is InChI=1S/2C3H7.2C2H5.2Al.2H/c2*1-3-2;2*1-2;;;;/h2*1,3H2,2H3;2*1H2,2H3;;;;. The molecular weight excluding hydrogens is 174 g/mol. The van der Waals surface area contributed by atoms with Crippen LogP contribution in [0, 0.1) is 0 Å². The Morgan fingerprint density at radius 2 is 1.08 bits per heavy atom. The molecule has 0 rings (SSSR count). The second-order valence-corrected chi connectivity index (χ2v) is 8.24. The first kappa shape index (κ1) is 15.5. The molecule has 0 unspecified atom stereocenters. The molecule has 0 aliphatic heterocycles. The maximum atomic E-state index is 2.28. The highest BCUT2D eigenvalue weighted by Gasteiger charge is 1.86. The van der Waals surface area contributed by atoms with Gasteiger partial charge in [0.05, 0.1) is 0 Å². The zero-order valence-electron chi connectivity index (χ0n) is 9.66. The number of rotatable bonds is 6. The van der Waals surface area contributed by atoms with Gasteiger partial charge in [0.1, 0.15) is 0 Å². The summed E-state index contributed by atoms with van der Waals surface area (Å²) in [6, 6.07) is 0. The fraction of sp³-hybridized carbons (Fsp3) is 1.00. The fourth-order valence-corrected chi connectivity index (χ4v) is 3.09. The second-order valence-electron chi connectivity index (χ2n) is 3.41. The van der Waals surface area contributed by atoms with E-state index in [1.54, 1.807) is 10.6 Å². The zero-order chi connectivity index (χ0) is 9.66. The highest BCUT2D eigenvalue weighted by molar-refractivity contribution is 6.35. The summed E-state index contributed by atoms with van der Waals surface area (Å²) in [7, 11) is 0. The molecule has 0 saturated heterocycles. The summed E-state index contributed by atoms with van der Waals surface area (Å²) in [4.78, 5) is 0. The Balaban J connectivity index is 0. The molecule has 0 N–H and O–H groups in total. The van der Waals surface area contributed by atoms with Crippen LogP contribution in [0.2, 0.25) is 21.1 Å². The Labute approximate surface area is 91.9 Å². The maximum absolute atomic E-state index is 2.28. The van der Waals surface area contributed by atoms with Crippen LogP contribution in [0.25, 0.3) is 0 Å². The molecule has 0 bridgehead atoms. The molecule has 2 heteroatoms. The molecule has 12 heavy (non-hydrogen) atoms. The van der Waals surface area contributed by atoms with Gasteiger partial charge in [-0.1, -0.05) is 51.1 Å². The van der Waals surface area contributed by atoms with E-state index in [1.165, 1.54) is 23.4 Å². The lowest BCUT2D eigenvalue weighted by atomic mass is 10.6. The van der Waals surface area contributed by atoms with Crippen molar-refractivity contribution in [2.45, 2.75) is 61.7 Å². The van der Waals surface area contributed by atoms with Crippen LogP contribution in [-0.2, 0) is 0 Å². The smallest absolute Gasteiger partial charge is 0.100 e. The molecule has 0 saturated carbocycles. The molecule has 0 radical (unpaired) electrons. The zero-order valence-corrected chi connectivity index (χ0v) is 12.5. The van der Waals surface area contributed by atoms with Crippen LogP contribution in [-0.4, -0.2) is 30.4 Å². The third-order valence-corrected chi connectivity index (χ3v) is 5.74. The van der Waals surface area contributed by atoms with Gasteiger partial charge in [0, 0.05) is 0 Å². The Bertz CT molecular complexity index is 49.8. The Morgan fingerprint density at radius 3 is 1.25 bits per heavy atom. The van der Waals surface area contributed by atoms with Crippen molar-refractivity contribution in [2.24, 2.45) is 0 Å². The quantitative estimate of drug-likeness (QED) is 0.455. The molecule has 72 valence electrons. The SMILES string of the molecule is CC[CH2][AlH][CH2]CC.C[CH2][AlH][CH2]C. The minimum absolute atomic E-state index is 0.411. The van der Waals surface area contributed by atoms with E-state index in [1.807, 2.05) is 0 Å². The first-order chi connectivity index (χ1) is 5.83. The molecule has 0 aromatic carbocycles. The monoisotopic (exact) mass is 200 g/mol. The lowest BCUT2D eigenvalue weighted by molar-refractivity contribution is 1.02. The van der Waals surface area contributed by atoms with Crippen molar-refractivity contribution < 1.29 is 0 Å². The van der Waals surface area contributed by atoms with E-state index in [-0.39, 0.29) is 0 Å². The molecule has 0 atom stereocenters. The van der Waals surface area contributed by atoms with E-state index >= 15 is 0 Å². The molecule has 0 aromatic heterocycles. The summed E-state index contributed by atoms with van der Waals surface area (Å²) in [5.74, 6) is 0. The fourth-order valence-electron chi connectivity index (χ4n) is 1.03. The number of hydrogen-bond donors (Lipinski definition) is 0. The molecule has 0 amide bonds. The minimum atomic E-state index is 0.411. The van der Waals surface area contributed by atoms with Crippen LogP contribution in [0.3, 0.4) is 0 Å². The highest BCUT2D eigenvalue weighted by atomic mass is 27.1. The van der Waals surface area contributed by atoms with Crippen molar-refractivity contribution in [1.29, 1.82) is 0 Å². The molecule has 0 spiro atoms. The van der Waals surface area contributed by atoms with E-state index in [9.17, 15) is 0 Å². The Morgan fingerprint density at radius 1 is 0.667 bits per heavy atom. The first-order valence-electron chi connectivity index (χ1n) is 5.83. The molecule has 0 aromatic rings. The van der Waals surface area contributed by atoms with Gasteiger partial charge in [-0.15, -0.1) is 10.6 Å². The molecule has 0 aliphatic rings. The minimum Gasteiger partial charge on any atom is -0.100 e. The summed E-state index contributed by atoms with van der Waals surface area (Å²) in [5, 5.41) is 6.09. The van der Waals surface area contributed by atoms with Crippen molar-refractivity contribution in [2.75, 3.05) is 0 Å². The largest absolute Gasteiger partial charge is 0.236 e. The van der Waals surface area contributed by atoms with Gasteiger partial charge in [-0.05, 0) is 0 Å². The average molecular weight is 200 g/mol. The highest BCUT2D eigenvalue weighted by Crippen LogP contribution is 1.92. The third kappa shape index (κ3) is 22.5. The Kier molecular flexibility index (Phi) is 23.3. The topological polar surface area (TPSA) is 0 Å². The van der Waals surface area contributed by atoms with Crippen molar-refractivity contribution in [1.82, 2.24) is 0 Å².